The highest BCUT2D eigenvalue weighted by atomic mass is 16.4. The minimum absolute atomic E-state index is 0.116. The smallest absolute Gasteiger partial charge is 0.339 e. The van der Waals surface area contributed by atoms with Crippen LogP contribution in [0.5, 0.6) is 0 Å². The number of benzene rings is 1. The van der Waals surface area contributed by atoms with Gasteiger partial charge in [-0.1, -0.05) is 26.0 Å². The van der Waals surface area contributed by atoms with E-state index in [-0.39, 0.29) is 5.56 Å². The highest BCUT2D eigenvalue weighted by molar-refractivity contribution is 5.88. The zero-order valence-corrected chi connectivity index (χ0v) is 11.7. The van der Waals surface area contributed by atoms with Crippen molar-refractivity contribution in [3.05, 3.63) is 47.3 Å². The number of carbonyl (C=O) groups is 1. The van der Waals surface area contributed by atoms with Gasteiger partial charge in [-0.05, 0) is 30.5 Å². The fraction of sp³-hybridized carbons (Fsp3) is 0.267. The first-order valence-electron chi connectivity index (χ1n) is 6.41. The molecule has 1 aromatic carbocycles. The summed E-state index contributed by atoms with van der Waals surface area (Å²) >= 11 is 0. The summed E-state index contributed by atoms with van der Waals surface area (Å²) in [4.78, 5) is 19.0. The molecule has 2 rings (SSSR count). The average molecular weight is 271 g/mol. The van der Waals surface area contributed by atoms with Gasteiger partial charge < -0.3 is 10.4 Å². The van der Waals surface area contributed by atoms with E-state index < -0.39 is 5.97 Å². The fourth-order valence-corrected chi connectivity index (χ4v) is 1.82. The van der Waals surface area contributed by atoms with Gasteiger partial charge in [0.2, 0.25) is 5.95 Å². The summed E-state index contributed by atoms with van der Waals surface area (Å²) in [6, 6.07) is 8.01. The van der Waals surface area contributed by atoms with Crippen LogP contribution in [0.3, 0.4) is 0 Å². The molecule has 0 aliphatic carbocycles. The third kappa shape index (κ3) is 3.12. The minimum atomic E-state index is -1.02. The van der Waals surface area contributed by atoms with Crippen LogP contribution in [-0.4, -0.2) is 21.0 Å². The number of nitrogens with one attached hydrogen (secondary N) is 1. The summed E-state index contributed by atoms with van der Waals surface area (Å²) in [7, 11) is 0. The molecule has 2 aromatic rings. The topological polar surface area (TPSA) is 75.1 Å². The molecule has 0 atom stereocenters. The number of carboxylic acid groups (broad SMARTS) is 1. The van der Waals surface area contributed by atoms with Crippen LogP contribution >= 0.6 is 0 Å². The maximum Gasteiger partial charge on any atom is 0.339 e. The number of rotatable bonds is 4. The summed E-state index contributed by atoms with van der Waals surface area (Å²) < 4.78 is 0. The number of hydrogen-bond acceptors (Lipinski definition) is 4. The van der Waals surface area contributed by atoms with Gasteiger partial charge in [0, 0.05) is 11.9 Å². The second kappa shape index (κ2) is 5.69. The molecule has 0 radical (unpaired) electrons. The molecule has 5 heteroatoms. The fourth-order valence-electron chi connectivity index (χ4n) is 1.82. The van der Waals surface area contributed by atoms with Crippen molar-refractivity contribution >= 4 is 17.6 Å². The van der Waals surface area contributed by atoms with E-state index in [9.17, 15) is 4.79 Å². The van der Waals surface area contributed by atoms with Crippen molar-refractivity contribution < 1.29 is 9.90 Å². The Hall–Kier alpha value is -2.43. The van der Waals surface area contributed by atoms with Crippen LogP contribution in [0.4, 0.5) is 11.6 Å². The van der Waals surface area contributed by atoms with E-state index in [1.807, 2.05) is 24.3 Å². The lowest BCUT2D eigenvalue weighted by Crippen LogP contribution is -2.06. The first-order chi connectivity index (χ1) is 9.47. The zero-order chi connectivity index (χ0) is 14.7. The van der Waals surface area contributed by atoms with E-state index in [0.29, 0.717) is 17.6 Å². The molecule has 0 amide bonds. The van der Waals surface area contributed by atoms with Crippen LogP contribution in [0, 0.1) is 6.92 Å². The Morgan fingerprint density at radius 1 is 1.25 bits per heavy atom. The summed E-state index contributed by atoms with van der Waals surface area (Å²) in [5.41, 5.74) is 2.69. The van der Waals surface area contributed by atoms with Crippen LogP contribution in [0.1, 0.15) is 41.4 Å². The van der Waals surface area contributed by atoms with Gasteiger partial charge in [-0.2, -0.15) is 0 Å². The van der Waals surface area contributed by atoms with Gasteiger partial charge in [-0.3, -0.25) is 0 Å². The summed E-state index contributed by atoms with van der Waals surface area (Å²) in [6.07, 6.45) is 1.31. The zero-order valence-electron chi connectivity index (χ0n) is 11.7. The first kappa shape index (κ1) is 14.0. The maximum atomic E-state index is 10.9. The molecule has 20 heavy (non-hydrogen) atoms. The van der Waals surface area contributed by atoms with Crippen molar-refractivity contribution in [2.24, 2.45) is 0 Å². The van der Waals surface area contributed by atoms with Gasteiger partial charge in [-0.15, -0.1) is 0 Å². The van der Waals surface area contributed by atoms with E-state index >= 15 is 0 Å². The normalized spacial score (nSPS) is 10.6. The molecule has 1 heterocycles. The van der Waals surface area contributed by atoms with Crippen molar-refractivity contribution in [1.82, 2.24) is 9.97 Å². The van der Waals surface area contributed by atoms with E-state index in [2.05, 4.69) is 29.1 Å². The molecule has 0 fully saturated rings. The van der Waals surface area contributed by atoms with E-state index in [0.717, 1.165) is 5.69 Å². The van der Waals surface area contributed by atoms with Gasteiger partial charge in [0.15, 0.2) is 0 Å². The van der Waals surface area contributed by atoms with Gasteiger partial charge >= 0.3 is 5.97 Å². The number of carboxylic acids is 1. The Balaban J connectivity index is 2.17. The van der Waals surface area contributed by atoms with Gasteiger partial charge in [0.05, 0.1) is 11.3 Å². The number of aromatic carboxylic acids is 1. The predicted molar refractivity (Wildman–Crippen MR) is 77.5 cm³/mol. The lowest BCUT2D eigenvalue weighted by molar-refractivity contribution is 0.0695. The van der Waals surface area contributed by atoms with Gasteiger partial charge in [-0.25, -0.2) is 14.8 Å². The Kier molecular flexibility index (Phi) is 3.98. The first-order valence-corrected chi connectivity index (χ1v) is 6.41. The number of hydrogen-bond donors (Lipinski definition) is 2. The molecule has 2 N–H and O–H groups in total. The number of aromatic nitrogens is 2. The third-order valence-corrected chi connectivity index (χ3v) is 3.04. The van der Waals surface area contributed by atoms with Crippen LogP contribution in [-0.2, 0) is 0 Å². The van der Waals surface area contributed by atoms with Crippen molar-refractivity contribution in [1.29, 1.82) is 0 Å². The van der Waals surface area contributed by atoms with Crippen LogP contribution in [0.2, 0.25) is 0 Å². The van der Waals surface area contributed by atoms with E-state index in [4.69, 9.17) is 5.11 Å². The molecule has 0 aliphatic rings. The van der Waals surface area contributed by atoms with Crippen molar-refractivity contribution in [2.75, 3.05) is 5.32 Å². The molecular weight excluding hydrogens is 254 g/mol. The monoisotopic (exact) mass is 271 g/mol. The number of nitrogens with zero attached hydrogens (tertiary/aromatic N) is 2. The van der Waals surface area contributed by atoms with Crippen LogP contribution in [0.15, 0.2) is 30.5 Å². The molecule has 0 aliphatic heterocycles. The van der Waals surface area contributed by atoms with E-state index in [1.54, 1.807) is 6.92 Å². The van der Waals surface area contributed by atoms with Gasteiger partial charge in [0.25, 0.3) is 0 Å². The molecule has 0 bridgehead atoms. The highest BCUT2D eigenvalue weighted by Crippen LogP contribution is 2.19. The van der Waals surface area contributed by atoms with Crippen molar-refractivity contribution in [3.63, 3.8) is 0 Å². The highest BCUT2D eigenvalue weighted by Gasteiger charge is 2.10. The molecule has 1 aromatic heterocycles. The number of anilines is 2. The Bertz CT molecular complexity index is 622. The third-order valence-electron chi connectivity index (χ3n) is 3.04. The number of aryl methyl sites for hydroxylation is 1. The van der Waals surface area contributed by atoms with Crippen LogP contribution in [0.25, 0.3) is 0 Å². The molecule has 0 saturated heterocycles. The predicted octanol–water partition coefficient (Wildman–Crippen LogP) is 3.35. The molecule has 5 nitrogen and oxygen atoms in total. The van der Waals surface area contributed by atoms with Crippen molar-refractivity contribution in [2.45, 2.75) is 26.7 Å². The second-order valence-corrected chi connectivity index (χ2v) is 4.90. The van der Waals surface area contributed by atoms with Gasteiger partial charge in [0.1, 0.15) is 0 Å². The average Bonchev–Trinajstić information content (AvgIpc) is 2.39. The van der Waals surface area contributed by atoms with Crippen molar-refractivity contribution in [3.8, 4) is 0 Å². The SMILES string of the molecule is Cc1nc(Nc2ccc(C(C)C)cc2)ncc1C(=O)O. The summed E-state index contributed by atoms with van der Waals surface area (Å²) in [6.45, 7) is 5.93. The molecule has 104 valence electrons. The lowest BCUT2D eigenvalue weighted by atomic mass is 10.0. The molecule has 0 saturated carbocycles. The maximum absolute atomic E-state index is 10.9. The second-order valence-electron chi connectivity index (χ2n) is 4.90. The minimum Gasteiger partial charge on any atom is -0.478 e. The Morgan fingerprint density at radius 2 is 1.90 bits per heavy atom. The summed E-state index contributed by atoms with van der Waals surface area (Å²) in [5, 5.41) is 12.0. The quantitative estimate of drug-likeness (QED) is 0.891. The largest absolute Gasteiger partial charge is 0.478 e. The molecule has 0 unspecified atom stereocenters. The Labute approximate surface area is 117 Å². The molecule has 0 spiro atoms. The van der Waals surface area contributed by atoms with E-state index in [1.165, 1.54) is 11.8 Å². The summed E-state index contributed by atoms with van der Waals surface area (Å²) in [5.74, 6) is -0.141. The standard InChI is InChI=1S/C15H17N3O2/c1-9(2)11-4-6-12(7-5-11)18-15-16-8-13(14(19)20)10(3)17-15/h4-9H,1-3H3,(H,19,20)(H,16,17,18). The Morgan fingerprint density at radius 3 is 2.40 bits per heavy atom. The lowest BCUT2D eigenvalue weighted by Gasteiger charge is -2.09. The molecular formula is C15H17N3O2. The van der Waals surface area contributed by atoms with Crippen LogP contribution < -0.4 is 5.32 Å².